The fourth-order valence-electron chi connectivity index (χ4n) is 2.80. The Morgan fingerprint density at radius 3 is 2.64 bits per heavy atom. The number of rotatable bonds is 8. The van der Waals surface area contributed by atoms with Gasteiger partial charge in [-0.05, 0) is 37.0 Å². The Balaban J connectivity index is 1.93. The third-order valence-electron chi connectivity index (χ3n) is 4.20. The maximum atomic E-state index is 9.58. The summed E-state index contributed by atoms with van der Waals surface area (Å²) in [6.07, 6.45) is 5.09. The zero-order valence-corrected chi connectivity index (χ0v) is 13.9. The molecule has 4 heteroatoms. The molecule has 4 nitrogen and oxygen atoms in total. The number of unbranched alkanes of at least 4 members (excludes halogenated alkanes) is 2. The van der Waals surface area contributed by atoms with Gasteiger partial charge in [-0.1, -0.05) is 25.8 Å². The van der Waals surface area contributed by atoms with Gasteiger partial charge in [0.2, 0.25) is 0 Å². The van der Waals surface area contributed by atoms with Gasteiger partial charge in [0.25, 0.3) is 0 Å². The summed E-state index contributed by atoms with van der Waals surface area (Å²) in [5.41, 5.74) is 1.24. The first kappa shape index (κ1) is 17.1. The number of hydrogen-bond acceptors (Lipinski definition) is 4. The highest BCUT2D eigenvalue weighted by molar-refractivity contribution is 5.43. The maximum Gasteiger partial charge on any atom is 0.161 e. The van der Waals surface area contributed by atoms with Crippen molar-refractivity contribution in [1.29, 1.82) is 0 Å². The number of hydrogen-bond donors (Lipinski definition) is 1. The normalized spacial score (nSPS) is 16.7. The number of aliphatic hydroxyl groups excluding tert-OH is 1. The van der Waals surface area contributed by atoms with Crippen LogP contribution in [0.25, 0.3) is 0 Å². The number of piperidine rings is 1. The fourth-order valence-corrected chi connectivity index (χ4v) is 2.80. The molecule has 0 saturated carbocycles. The van der Waals surface area contributed by atoms with Gasteiger partial charge >= 0.3 is 0 Å². The Morgan fingerprint density at radius 1 is 1.18 bits per heavy atom. The molecular weight excluding hydrogens is 278 g/mol. The van der Waals surface area contributed by atoms with E-state index in [4.69, 9.17) is 9.47 Å². The van der Waals surface area contributed by atoms with Gasteiger partial charge in [0.05, 0.1) is 19.8 Å². The van der Waals surface area contributed by atoms with Crippen LogP contribution in [0, 0.1) is 0 Å². The third-order valence-corrected chi connectivity index (χ3v) is 4.20. The summed E-state index contributed by atoms with van der Waals surface area (Å²) in [6, 6.07) is 6.18. The third kappa shape index (κ3) is 5.18. The molecule has 0 spiro atoms. The van der Waals surface area contributed by atoms with E-state index in [1.165, 1.54) is 18.4 Å². The van der Waals surface area contributed by atoms with Crippen LogP contribution in [0.3, 0.4) is 0 Å². The summed E-state index contributed by atoms with van der Waals surface area (Å²) in [5.74, 6) is 1.64. The molecule has 0 unspecified atom stereocenters. The van der Waals surface area contributed by atoms with Crippen molar-refractivity contribution in [3.63, 3.8) is 0 Å². The smallest absolute Gasteiger partial charge is 0.161 e. The van der Waals surface area contributed by atoms with Crippen molar-refractivity contribution in [3.05, 3.63) is 23.8 Å². The van der Waals surface area contributed by atoms with Crippen LogP contribution in [0.15, 0.2) is 18.2 Å². The van der Waals surface area contributed by atoms with E-state index in [-0.39, 0.29) is 6.10 Å². The van der Waals surface area contributed by atoms with Crippen molar-refractivity contribution < 1.29 is 14.6 Å². The molecule has 124 valence electrons. The predicted molar refractivity (Wildman–Crippen MR) is 88.5 cm³/mol. The highest BCUT2D eigenvalue weighted by atomic mass is 16.5. The first-order valence-corrected chi connectivity index (χ1v) is 8.43. The van der Waals surface area contributed by atoms with Gasteiger partial charge in [-0.2, -0.15) is 0 Å². The minimum Gasteiger partial charge on any atom is -0.493 e. The molecule has 1 aliphatic heterocycles. The van der Waals surface area contributed by atoms with Gasteiger partial charge in [-0.15, -0.1) is 0 Å². The van der Waals surface area contributed by atoms with Crippen molar-refractivity contribution in [2.45, 2.75) is 51.7 Å². The van der Waals surface area contributed by atoms with Gasteiger partial charge in [-0.25, -0.2) is 0 Å². The minimum absolute atomic E-state index is 0.121. The van der Waals surface area contributed by atoms with E-state index in [1.54, 1.807) is 7.11 Å². The van der Waals surface area contributed by atoms with Crippen molar-refractivity contribution in [3.8, 4) is 11.5 Å². The molecule has 1 fully saturated rings. The number of aliphatic hydroxyl groups is 1. The lowest BCUT2D eigenvalue weighted by atomic mass is 10.1. The molecule has 0 amide bonds. The molecule has 1 aromatic carbocycles. The maximum absolute atomic E-state index is 9.58. The largest absolute Gasteiger partial charge is 0.493 e. The zero-order chi connectivity index (χ0) is 15.8. The summed E-state index contributed by atoms with van der Waals surface area (Å²) in [6.45, 7) is 5.75. The number of ether oxygens (including phenoxy) is 2. The summed E-state index contributed by atoms with van der Waals surface area (Å²) >= 11 is 0. The monoisotopic (exact) mass is 307 g/mol. The molecule has 22 heavy (non-hydrogen) atoms. The van der Waals surface area contributed by atoms with Crippen LogP contribution >= 0.6 is 0 Å². The van der Waals surface area contributed by atoms with E-state index < -0.39 is 0 Å². The lowest BCUT2D eigenvalue weighted by molar-refractivity contribution is 0.0792. The molecule has 1 N–H and O–H groups in total. The van der Waals surface area contributed by atoms with E-state index in [9.17, 15) is 5.11 Å². The Bertz CT molecular complexity index is 442. The molecule has 0 atom stereocenters. The number of nitrogens with zero attached hydrogens (tertiary/aromatic N) is 1. The molecular formula is C18H29NO3. The molecule has 0 bridgehead atoms. The van der Waals surface area contributed by atoms with Crippen molar-refractivity contribution >= 4 is 0 Å². The second kappa shape index (κ2) is 9.01. The van der Waals surface area contributed by atoms with E-state index in [1.807, 2.05) is 6.07 Å². The summed E-state index contributed by atoms with van der Waals surface area (Å²) in [5, 5.41) is 9.58. The topological polar surface area (TPSA) is 41.9 Å². The van der Waals surface area contributed by atoms with Crippen LogP contribution in [-0.2, 0) is 6.54 Å². The van der Waals surface area contributed by atoms with Crippen LogP contribution in [0.2, 0.25) is 0 Å². The Kier molecular flexibility index (Phi) is 7.00. The molecule has 1 aliphatic rings. The lowest BCUT2D eigenvalue weighted by Gasteiger charge is -2.29. The van der Waals surface area contributed by atoms with Crippen LogP contribution in [0.5, 0.6) is 11.5 Å². The fraction of sp³-hybridized carbons (Fsp3) is 0.667. The van der Waals surface area contributed by atoms with E-state index in [0.717, 1.165) is 57.0 Å². The van der Waals surface area contributed by atoms with E-state index in [0.29, 0.717) is 0 Å². The number of benzene rings is 1. The Morgan fingerprint density at radius 2 is 1.95 bits per heavy atom. The zero-order valence-electron chi connectivity index (χ0n) is 13.9. The summed E-state index contributed by atoms with van der Waals surface area (Å²) in [4.78, 5) is 2.38. The minimum atomic E-state index is -0.121. The van der Waals surface area contributed by atoms with Crippen LogP contribution < -0.4 is 9.47 Å². The summed E-state index contributed by atoms with van der Waals surface area (Å²) in [7, 11) is 1.68. The quantitative estimate of drug-likeness (QED) is 0.749. The van der Waals surface area contributed by atoms with Gasteiger partial charge in [0.1, 0.15) is 0 Å². The van der Waals surface area contributed by atoms with Crippen LogP contribution in [-0.4, -0.2) is 42.9 Å². The molecule has 0 radical (unpaired) electrons. The van der Waals surface area contributed by atoms with Gasteiger partial charge in [0, 0.05) is 19.6 Å². The Hall–Kier alpha value is -1.26. The average Bonchev–Trinajstić information content (AvgIpc) is 2.54. The molecule has 1 heterocycles. The highest BCUT2D eigenvalue weighted by Gasteiger charge is 2.17. The number of methoxy groups -OCH3 is 1. The van der Waals surface area contributed by atoms with Crippen molar-refractivity contribution in [2.24, 2.45) is 0 Å². The van der Waals surface area contributed by atoms with Crippen LogP contribution in [0.4, 0.5) is 0 Å². The number of likely N-dealkylation sites (tertiary alicyclic amines) is 1. The van der Waals surface area contributed by atoms with Gasteiger partial charge < -0.3 is 14.6 Å². The van der Waals surface area contributed by atoms with E-state index in [2.05, 4.69) is 24.0 Å². The molecule has 0 aliphatic carbocycles. The predicted octanol–water partition coefficient (Wildman–Crippen LogP) is 3.22. The molecule has 2 rings (SSSR count). The SMILES string of the molecule is CCCCCOc1cc(CN2CCC(O)CC2)ccc1OC. The Labute approximate surface area is 134 Å². The van der Waals surface area contributed by atoms with E-state index >= 15 is 0 Å². The van der Waals surface area contributed by atoms with Gasteiger partial charge in [-0.3, -0.25) is 4.90 Å². The van der Waals surface area contributed by atoms with Crippen LogP contribution in [0.1, 0.15) is 44.6 Å². The molecule has 1 aromatic rings. The first-order valence-electron chi connectivity index (χ1n) is 8.43. The average molecular weight is 307 g/mol. The first-order chi connectivity index (χ1) is 10.7. The van der Waals surface area contributed by atoms with Gasteiger partial charge in [0.15, 0.2) is 11.5 Å². The lowest BCUT2D eigenvalue weighted by Crippen LogP contribution is -2.35. The standard InChI is InChI=1S/C18H29NO3/c1-3-4-5-12-22-18-13-15(6-7-17(18)21-2)14-19-10-8-16(20)9-11-19/h6-7,13,16,20H,3-5,8-12,14H2,1-2H3. The summed E-state index contributed by atoms with van der Waals surface area (Å²) < 4.78 is 11.3. The second-order valence-corrected chi connectivity index (χ2v) is 6.05. The molecule has 0 aromatic heterocycles. The highest BCUT2D eigenvalue weighted by Crippen LogP contribution is 2.29. The molecule has 1 saturated heterocycles. The second-order valence-electron chi connectivity index (χ2n) is 6.05. The van der Waals surface area contributed by atoms with Crippen molar-refractivity contribution in [2.75, 3.05) is 26.8 Å². The van der Waals surface area contributed by atoms with Crippen molar-refractivity contribution in [1.82, 2.24) is 4.90 Å².